The summed E-state index contributed by atoms with van der Waals surface area (Å²) in [5, 5.41) is 7.84. The number of hydrazine groups is 1. The number of halogens is 1. The maximum Gasteiger partial charge on any atom is 0.230 e. The van der Waals surface area contributed by atoms with Crippen LogP contribution in [0.5, 0.6) is 0 Å². The van der Waals surface area contributed by atoms with Crippen LogP contribution < -0.4 is 26.5 Å². The van der Waals surface area contributed by atoms with E-state index in [9.17, 15) is 14.0 Å². The molecule has 7 unspecified atom stereocenters. The summed E-state index contributed by atoms with van der Waals surface area (Å²) < 4.78 is 17.0. The Labute approximate surface area is 174 Å². The van der Waals surface area contributed by atoms with Crippen LogP contribution in [0.15, 0.2) is 11.6 Å². The highest BCUT2D eigenvalue weighted by atomic mass is 32.2. The minimum Gasteiger partial charge on any atom is -0.342 e. The van der Waals surface area contributed by atoms with Crippen molar-refractivity contribution in [1.29, 1.82) is 0 Å². The lowest BCUT2D eigenvalue weighted by molar-refractivity contribution is -0.128. The number of amides is 2. The number of nitrogens with two attached hydrogens (primary N) is 1. The number of fused-ring (bicyclic) bond motifs is 1. The molecule has 7 atom stereocenters. The Bertz CT molecular complexity index is 695. The van der Waals surface area contributed by atoms with E-state index >= 15 is 0 Å². The first-order valence-electron chi connectivity index (χ1n) is 10.2. The predicted octanol–water partition coefficient (Wildman–Crippen LogP) is -1.15. The second-order valence-corrected chi connectivity index (χ2v) is 9.24. The third kappa shape index (κ3) is 4.17. The zero-order valence-electron chi connectivity index (χ0n) is 16.7. The second-order valence-electron chi connectivity index (χ2n) is 8.26. The lowest BCUT2D eigenvalue weighted by Crippen LogP contribution is -2.59. The van der Waals surface area contributed by atoms with Crippen molar-refractivity contribution in [2.75, 3.05) is 26.2 Å². The minimum atomic E-state index is -0.986. The van der Waals surface area contributed by atoms with Gasteiger partial charge in [0.2, 0.25) is 11.8 Å². The normalized spacial score (nSPS) is 40.5. The van der Waals surface area contributed by atoms with Gasteiger partial charge in [-0.2, -0.15) is 0 Å². The first-order chi connectivity index (χ1) is 13.8. The highest BCUT2D eigenvalue weighted by Gasteiger charge is 2.48. The Balaban J connectivity index is 1.43. The number of hydrogen-bond acceptors (Lipinski definition) is 8. The fourth-order valence-corrected chi connectivity index (χ4v) is 5.95. The molecule has 0 saturated carbocycles. The Hall–Kier alpha value is -1.24. The molecule has 0 aromatic heterocycles. The lowest BCUT2D eigenvalue weighted by atomic mass is 9.88. The highest BCUT2D eigenvalue weighted by Crippen LogP contribution is 2.36. The van der Waals surface area contributed by atoms with Crippen molar-refractivity contribution < 1.29 is 14.0 Å². The number of carbonyl (C=O) groups is 2. The van der Waals surface area contributed by atoms with E-state index in [4.69, 9.17) is 5.73 Å². The maximum atomic E-state index is 13.7. The van der Waals surface area contributed by atoms with Crippen molar-refractivity contribution >= 4 is 23.8 Å². The molecule has 6 N–H and O–H groups in total. The molecule has 0 aliphatic carbocycles. The molecular formula is C18H30FN7O2S. The third-order valence-corrected chi connectivity index (χ3v) is 7.44. The van der Waals surface area contributed by atoms with E-state index in [0.717, 1.165) is 6.42 Å². The highest BCUT2D eigenvalue weighted by molar-refractivity contribution is 7.98. The minimum absolute atomic E-state index is 0.0832. The maximum absolute atomic E-state index is 13.7. The van der Waals surface area contributed by atoms with Crippen molar-refractivity contribution in [3.8, 4) is 0 Å². The van der Waals surface area contributed by atoms with Crippen LogP contribution in [0.4, 0.5) is 4.39 Å². The molecule has 2 amide bonds. The molecule has 11 heteroatoms. The summed E-state index contributed by atoms with van der Waals surface area (Å²) in [6.45, 7) is 5.45. The molecule has 4 aliphatic rings. The Morgan fingerprint density at radius 2 is 2.21 bits per heavy atom. The molecule has 0 bridgehead atoms. The topological polar surface area (TPSA) is 115 Å². The Morgan fingerprint density at radius 3 is 2.90 bits per heavy atom. The van der Waals surface area contributed by atoms with Gasteiger partial charge in [-0.3, -0.25) is 19.6 Å². The summed E-state index contributed by atoms with van der Waals surface area (Å²) in [6, 6.07) is 0.201. The van der Waals surface area contributed by atoms with Gasteiger partial charge in [-0.15, -0.1) is 0 Å². The molecule has 3 saturated heterocycles. The number of nitrogens with zero attached hydrogens (tertiary/aromatic N) is 2. The van der Waals surface area contributed by atoms with Gasteiger partial charge < -0.3 is 16.0 Å². The average molecular weight is 428 g/mol. The van der Waals surface area contributed by atoms with Crippen LogP contribution in [-0.2, 0) is 9.59 Å². The van der Waals surface area contributed by atoms with E-state index in [2.05, 4.69) is 33.8 Å². The third-order valence-electron chi connectivity index (χ3n) is 6.27. The largest absolute Gasteiger partial charge is 0.342 e. The van der Waals surface area contributed by atoms with Crippen molar-refractivity contribution in [2.45, 2.75) is 50.2 Å². The monoisotopic (exact) mass is 427 g/mol. The molecule has 0 radical (unpaired) electrons. The van der Waals surface area contributed by atoms with Crippen LogP contribution in [0, 0.1) is 11.8 Å². The smallest absolute Gasteiger partial charge is 0.230 e. The number of rotatable bonds is 3. The molecule has 0 aromatic rings. The van der Waals surface area contributed by atoms with E-state index in [1.165, 1.54) is 17.5 Å². The molecule has 4 rings (SSSR count). The van der Waals surface area contributed by atoms with Crippen molar-refractivity contribution in [1.82, 2.24) is 30.7 Å². The second kappa shape index (κ2) is 8.48. The summed E-state index contributed by atoms with van der Waals surface area (Å²) in [6.07, 6.45) is 1.06. The summed E-state index contributed by atoms with van der Waals surface area (Å²) >= 11 is 1.52. The summed E-state index contributed by atoms with van der Waals surface area (Å²) in [5.41, 5.74) is 10.4. The molecule has 162 valence electrons. The first-order valence-corrected chi connectivity index (χ1v) is 11.0. The van der Waals surface area contributed by atoms with Gasteiger partial charge in [-0.25, -0.2) is 14.8 Å². The van der Waals surface area contributed by atoms with Crippen molar-refractivity contribution in [2.24, 2.45) is 17.6 Å². The van der Waals surface area contributed by atoms with Crippen LogP contribution in [-0.4, -0.2) is 77.8 Å². The zero-order valence-corrected chi connectivity index (χ0v) is 17.5. The fraction of sp³-hybridized carbons (Fsp3) is 0.778. The van der Waals surface area contributed by atoms with Gasteiger partial charge in [0.1, 0.15) is 6.17 Å². The predicted molar refractivity (Wildman–Crippen MR) is 109 cm³/mol. The molecule has 29 heavy (non-hydrogen) atoms. The molecule has 9 nitrogen and oxygen atoms in total. The molecule has 4 aliphatic heterocycles. The van der Waals surface area contributed by atoms with Gasteiger partial charge >= 0.3 is 0 Å². The van der Waals surface area contributed by atoms with Crippen LogP contribution in [0.25, 0.3) is 0 Å². The van der Waals surface area contributed by atoms with E-state index < -0.39 is 18.3 Å². The van der Waals surface area contributed by atoms with Gasteiger partial charge in [-0.1, -0.05) is 23.6 Å². The molecule has 0 aromatic carbocycles. The zero-order chi connectivity index (χ0) is 20.7. The summed E-state index contributed by atoms with van der Waals surface area (Å²) in [5.74, 6) is -0.412. The SMILES string of the molecule is CC(=O)N1CC=C(C2C(C)NSC2NC(=O)C2C(N)NN3CC(F)CNC23)CC1. The fourth-order valence-electron chi connectivity index (χ4n) is 4.71. The molecular weight excluding hydrogens is 397 g/mol. The van der Waals surface area contributed by atoms with Crippen LogP contribution >= 0.6 is 11.9 Å². The summed E-state index contributed by atoms with van der Waals surface area (Å²) in [7, 11) is 0. The lowest BCUT2D eigenvalue weighted by Gasteiger charge is -2.34. The molecule has 3 fully saturated rings. The van der Waals surface area contributed by atoms with Gasteiger partial charge in [0.25, 0.3) is 0 Å². The van der Waals surface area contributed by atoms with Gasteiger partial charge in [-0.05, 0) is 13.3 Å². The van der Waals surface area contributed by atoms with Gasteiger partial charge in [0.05, 0.1) is 23.6 Å². The number of hydrogen-bond donors (Lipinski definition) is 5. The van der Waals surface area contributed by atoms with E-state index in [0.29, 0.717) is 13.1 Å². The van der Waals surface area contributed by atoms with Crippen molar-refractivity contribution in [3.63, 3.8) is 0 Å². The number of nitrogens with one attached hydrogen (secondary N) is 4. The van der Waals surface area contributed by atoms with Crippen molar-refractivity contribution in [3.05, 3.63) is 11.6 Å². The van der Waals surface area contributed by atoms with Gasteiger partial charge in [0, 0.05) is 45.1 Å². The van der Waals surface area contributed by atoms with Crippen LogP contribution in [0.1, 0.15) is 20.3 Å². The number of alkyl halides is 1. The van der Waals surface area contributed by atoms with Crippen LogP contribution in [0.3, 0.4) is 0 Å². The quantitative estimate of drug-likeness (QED) is 0.283. The summed E-state index contributed by atoms with van der Waals surface area (Å²) in [4.78, 5) is 26.5. The number of carbonyl (C=O) groups excluding carboxylic acids is 2. The molecule has 4 heterocycles. The molecule has 0 spiro atoms. The Kier molecular flexibility index (Phi) is 6.14. The van der Waals surface area contributed by atoms with Crippen LogP contribution in [0.2, 0.25) is 0 Å². The van der Waals surface area contributed by atoms with Gasteiger partial charge in [0.15, 0.2) is 0 Å². The standard InChI is InChI=1S/C18H30FN7O2S/c1-9-13(11-3-5-25(6-4-11)10(2)27)18(29-24-9)22-17(28)14-15(20)23-26-8-12(19)7-21-16(14)26/h3,9,12-16,18,21,23-24H,4-8,20H2,1-2H3,(H,22,28). The van der Waals surface area contributed by atoms with E-state index in [1.807, 2.05) is 4.90 Å². The average Bonchev–Trinajstić information content (AvgIpc) is 3.20. The first kappa shape index (κ1) is 21.0. The van der Waals surface area contributed by atoms with E-state index in [1.54, 1.807) is 11.9 Å². The Morgan fingerprint density at radius 1 is 1.41 bits per heavy atom. The van der Waals surface area contributed by atoms with E-state index in [-0.39, 0.29) is 48.4 Å².